The summed E-state index contributed by atoms with van der Waals surface area (Å²) in [5.74, 6) is -0.424. The van der Waals surface area contributed by atoms with Crippen LogP contribution in [0.3, 0.4) is 0 Å². The molecule has 0 amide bonds. The Morgan fingerprint density at radius 2 is 1.82 bits per heavy atom. The first kappa shape index (κ1) is 21.5. The molecule has 1 aliphatic carbocycles. The van der Waals surface area contributed by atoms with E-state index in [1.807, 2.05) is 31.2 Å². The normalized spacial score (nSPS) is 21.9. The molecule has 2 aromatic carbocycles. The van der Waals surface area contributed by atoms with Crippen LogP contribution in [0.25, 0.3) is 16.6 Å². The molecule has 33 heavy (non-hydrogen) atoms. The Morgan fingerprint density at radius 1 is 1.06 bits per heavy atom. The Bertz CT molecular complexity index is 1290. The Labute approximate surface area is 187 Å². The van der Waals surface area contributed by atoms with Crippen molar-refractivity contribution in [3.05, 3.63) is 96.1 Å². The number of hydrogen-bond donors (Lipinski definition) is 1. The average Bonchev–Trinajstić information content (AvgIpc) is 3.37. The molecule has 0 saturated heterocycles. The predicted molar refractivity (Wildman–Crippen MR) is 117 cm³/mol. The minimum Gasteiger partial charge on any atom is -0.375 e. The van der Waals surface area contributed by atoms with Gasteiger partial charge in [-0.25, -0.2) is 9.07 Å². The first-order chi connectivity index (χ1) is 15.7. The average molecular weight is 455 g/mol. The van der Waals surface area contributed by atoms with Crippen molar-refractivity contribution in [1.29, 1.82) is 0 Å². The number of fused-ring (bicyclic) bond motifs is 2. The highest BCUT2D eigenvalue weighted by Gasteiger charge is 2.56. The molecule has 1 aliphatic heterocycles. The van der Waals surface area contributed by atoms with Crippen LogP contribution in [0.4, 0.5) is 17.6 Å². The van der Waals surface area contributed by atoms with Crippen molar-refractivity contribution in [1.82, 2.24) is 14.7 Å². The van der Waals surface area contributed by atoms with E-state index >= 15 is 0 Å². The van der Waals surface area contributed by atoms with Crippen molar-refractivity contribution in [2.24, 2.45) is 5.92 Å². The van der Waals surface area contributed by atoms with Crippen LogP contribution < -0.4 is 0 Å². The van der Waals surface area contributed by atoms with E-state index in [2.05, 4.69) is 5.10 Å². The number of aromatic nitrogens is 2. The molecule has 2 heterocycles. The number of hydrogen-bond acceptors (Lipinski definition) is 3. The number of allylic oxidation sites excluding steroid dienone is 2. The van der Waals surface area contributed by atoms with E-state index in [0.29, 0.717) is 16.6 Å². The summed E-state index contributed by atoms with van der Waals surface area (Å²) in [5, 5.41) is 15.7. The van der Waals surface area contributed by atoms with Crippen molar-refractivity contribution in [3.8, 4) is 5.69 Å². The Morgan fingerprint density at radius 3 is 2.55 bits per heavy atom. The molecule has 0 fully saturated rings. The van der Waals surface area contributed by atoms with Crippen LogP contribution in [0.5, 0.6) is 0 Å². The Balaban J connectivity index is 1.51. The summed E-state index contributed by atoms with van der Waals surface area (Å²) in [6.45, 7) is 1.26. The van der Waals surface area contributed by atoms with E-state index in [0.717, 1.165) is 5.57 Å². The van der Waals surface area contributed by atoms with Gasteiger partial charge in [0.25, 0.3) is 0 Å². The molecular weight excluding hydrogens is 434 g/mol. The highest BCUT2D eigenvalue weighted by atomic mass is 19.4. The van der Waals surface area contributed by atoms with E-state index < -0.39 is 24.1 Å². The molecule has 3 atom stereocenters. The van der Waals surface area contributed by atoms with E-state index in [9.17, 15) is 22.7 Å². The monoisotopic (exact) mass is 455 g/mol. The molecular formula is C25H21F4N3O. The van der Waals surface area contributed by atoms with Gasteiger partial charge in [-0.1, -0.05) is 35.9 Å². The number of halogens is 4. The fraction of sp³-hybridized carbons (Fsp3) is 0.240. The molecule has 0 radical (unpaired) electrons. The lowest BCUT2D eigenvalue weighted by molar-refractivity contribution is -0.270. The zero-order valence-electron chi connectivity index (χ0n) is 17.7. The zero-order chi connectivity index (χ0) is 23.4. The molecule has 1 N–H and O–H groups in total. The predicted octanol–water partition coefficient (Wildman–Crippen LogP) is 5.24. The van der Waals surface area contributed by atoms with Crippen LogP contribution in [0, 0.1) is 11.7 Å². The maximum atomic E-state index is 14.3. The van der Waals surface area contributed by atoms with Gasteiger partial charge in [0.2, 0.25) is 5.60 Å². The number of β-amino-alcohol motifs (C(OH)–C–C–N with tert-alkyl or cyclic N) is 1. The lowest BCUT2D eigenvalue weighted by Crippen LogP contribution is -2.51. The molecule has 0 spiro atoms. The summed E-state index contributed by atoms with van der Waals surface area (Å²) in [5.41, 5.74) is -1.25. The van der Waals surface area contributed by atoms with Gasteiger partial charge < -0.3 is 10.0 Å². The van der Waals surface area contributed by atoms with Crippen LogP contribution in [-0.4, -0.2) is 38.5 Å². The molecule has 5 rings (SSSR count). The molecule has 3 aromatic rings. The molecule has 4 nitrogen and oxygen atoms in total. The summed E-state index contributed by atoms with van der Waals surface area (Å²) < 4.78 is 57.6. The molecule has 0 bridgehead atoms. The SMILES string of the molecule is CC1=CC2C(C=C1)C=CN2CC(O)(c1ccc2c(cnn2-c2ccc(F)cc2)c1)C(F)(F)F. The fourth-order valence-corrected chi connectivity index (χ4v) is 4.46. The van der Waals surface area contributed by atoms with Crippen molar-refractivity contribution in [3.63, 3.8) is 0 Å². The molecule has 1 aromatic heterocycles. The molecule has 2 aliphatic rings. The first-order valence-electron chi connectivity index (χ1n) is 10.5. The van der Waals surface area contributed by atoms with Crippen LogP contribution in [0.1, 0.15) is 12.5 Å². The second-order valence-electron chi connectivity index (χ2n) is 8.52. The number of rotatable bonds is 4. The Kier molecular flexibility index (Phi) is 4.93. The van der Waals surface area contributed by atoms with Gasteiger partial charge in [0.1, 0.15) is 5.82 Å². The smallest absolute Gasteiger partial charge is 0.375 e. The van der Waals surface area contributed by atoms with Crippen LogP contribution >= 0.6 is 0 Å². The van der Waals surface area contributed by atoms with E-state index in [-0.39, 0.29) is 17.5 Å². The van der Waals surface area contributed by atoms with E-state index in [1.165, 1.54) is 58.2 Å². The summed E-state index contributed by atoms with van der Waals surface area (Å²) in [4.78, 5) is 1.54. The molecule has 8 heteroatoms. The third kappa shape index (κ3) is 3.64. The second kappa shape index (κ2) is 7.59. The molecule has 3 unspecified atom stereocenters. The standard InChI is InChI=1S/C25H21F4N3O/c1-16-2-3-17-10-11-31(23(17)12-16)15-24(33,25(27,28)29)19-4-9-22-18(13-19)14-30-32(22)21-7-5-20(26)6-8-21/h2-14,17,23,33H,15H2,1H3. The van der Waals surface area contributed by atoms with Gasteiger partial charge in [-0.15, -0.1) is 0 Å². The quantitative estimate of drug-likeness (QED) is 0.547. The van der Waals surface area contributed by atoms with Gasteiger partial charge in [-0.3, -0.25) is 0 Å². The summed E-state index contributed by atoms with van der Waals surface area (Å²) in [7, 11) is 0. The summed E-state index contributed by atoms with van der Waals surface area (Å²) >= 11 is 0. The number of alkyl halides is 3. The number of benzene rings is 2. The lowest BCUT2D eigenvalue weighted by Gasteiger charge is -2.38. The van der Waals surface area contributed by atoms with Gasteiger partial charge in [-0.05, 0) is 55.1 Å². The molecule has 0 saturated carbocycles. The second-order valence-corrected chi connectivity index (χ2v) is 8.52. The van der Waals surface area contributed by atoms with E-state index in [4.69, 9.17) is 0 Å². The van der Waals surface area contributed by atoms with Gasteiger partial charge in [0, 0.05) is 11.3 Å². The van der Waals surface area contributed by atoms with Crippen molar-refractivity contribution < 1.29 is 22.7 Å². The van der Waals surface area contributed by atoms with E-state index in [1.54, 1.807) is 6.20 Å². The van der Waals surface area contributed by atoms with Crippen LogP contribution in [-0.2, 0) is 5.60 Å². The van der Waals surface area contributed by atoms with Gasteiger partial charge in [-0.2, -0.15) is 18.3 Å². The highest BCUT2D eigenvalue weighted by Crippen LogP contribution is 2.42. The van der Waals surface area contributed by atoms with Gasteiger partial charge >= 0.3 is 6.18 Å². The number of aliphatic hydroxyl groups is 1. The third-order valence-electron chi connectivity index (χ3n) is 6.29. The lowest BCUT2D eigenvalue weighted by atomic mass is 9.89. The van der Waals surface area contributed by atoms with Crippen LogP contribution in [0.15, 0.2) is 84.7 Å². The minimum atomic E-state index is -4.90. The number of nitrogens with zero attached hydrogens (tertiary/aromatic N) is 3. The summed E-state index contributed by atoms with van der Waals surface area (Å²) in [6, 6.07) is 9.45. The Hall–Kier alpha value is -3.39. The highest BCUT2D eigenvalue weighted by molar-refractivity contribution is 5.81. The largest absolute Gasteiger partial charge is 0.423 e. The van der Waals surface area contributed by atoms with Crippen molar-refractivity contribution in [2.45, 2.75) is 24.7 Å². The third-order valence-corrected chi connectivity index (χ3v) is 6.29. The minimum absolute atomic E-state index is 0.0254. The summed E-state index contributed by atoms with van der Waals surface area (Å²) in [6.07, 6.45) is 5.81. The maximum Gasteiger partial charge on any atom is 0.423 e. The van der Waals surface area contributed by atoms with Crippen LogP contribution in [0.2, 0.25) is 0 Å². The maximum absolute atomic E-state index is 14.3. The van der Waals surface area contributed by atoms with Crippen molar-refractivity contribution in [2.75, 3.05) is 6.54 Å². The first-order valence-corrected chi connectivity index (χ1v) is 10.5. The zero-order valence-corrected chi connectivity index (χ0v) is 17.7. The van der Waals surface area contributed by atoms with Gasteiger partial charge in [0.15, 0.2) is 0 Å². The van der Waals surface area contributed by atoms with Gasteiger partial charge in [0.05, 0.1) is 30.0 Å². The van der Waals surface area contributed by atoms with Crippen molar-refractivity contribution >= 4 is 10.9 Å². The topological polar surface area (TPSA) is 41.3 Å². The fourth-order valence-electron chi connectivity index (χ4n) is 4.46. The molecule has 170 valence electrons.